The Kier molecular flexibility index (Phi) is 4.11. The van der Waals surface area contributed by atoms with Gasteiger partial charge in [-0.2, -0.15) is 5.26 Å². The zero-order chi connectivity index (χ0) is 13.0. The summed E-state index contributed by atoms with van der Waals surface area (Å²) >= 11 is 0. The molecule has 2 rings (SSSR count). The Bertz CT molecular complexity index is 441. The molecule has 0 N–H and O–H groups in total. The first-order valence-corrected chi connectivity index (χ1v) is 6.28. The Balaban J connectivity index is 2.11. The molecule has 1 aliphatic rings. The maximum Gasteiger partial charge on any atom is 0.183 e. The highest BCUT2D eigenvalue weighted by Gasteiger charge is 2.24. The lowest BCUT2D eigenvalue weighted by atomic mass is 10.0. The summed E-state index contributed by atoms with van der Waals surface area (Å²) in [6, 6.07) is 2.09. The van der Waals surface area contributed by atoms with Gasteiger partial charge >= 0.3 is 0 Å². The molecule has 0 bridgehead atoms. The Morgan fingerprint density at radius 2 is 2.28 bits per heavy atom. The van der Waals surface area contributed by atoms with Crippen LogP contribution in [0.25, 0.3) is 0 Å². The summed E-state index contributed by atoms with van der Waals surface area (Å²) in [7, 11) is 0. The van der Waals surface area contributed by atoms with E-state index in [1.54, 1.807) is 12.4 Å². The molecule has 0 spiro atoms. The molecule has 1 atom stereocenters. The van der Waals surface area contributed by atoms with Crippen molar-refractivity contribution >= 4 is 5.82 Å². The number of nitriles is 1. The second-order valence-electron chi connectivity index (χ2n) is 4.91. The molecule has 5 nitrogen and oxygen atoms in total. The van der Waals surface area contributed by atoms with Gasteiger partial charge in [-0.05, 0) is 12.3 Å². The standard InChI is InChI=1S/C13H18N4O/c1-10(2)7-11-9-17(5-6-18-11)13-12(8-14)15-3-4-16-13/h3-4,10-11H,5-7,9H2,1-2H3/t11-/m1/s1. The molecular weight excluding hydrogens is 228 g/mol. The number of anilines is 1. The van der Waals surface area contributed by atoms with E-state index in [0.29, 0.717) is 24.0 Å². The number of nitrogens with zero attached hydrogens (tertiary/aromatic N) is 4. The molecule has 18 heavy (non-hydrogen) atoms. The third-order valence-electron chi connectivity index (χ3n) is 2.96. The summed E-state index contributed by atoms with van der Waals surface area (Å²) < 4.78 is 5.74. The van der Waals surface area contributed by atoms with E-state index >= 15 is 0 Å². The zero-order valence-electron chi connectivity index (χ0n) is 10.8. The maximum atomic E-state index is 9.05. The van der Waals surface area contributed by atoms with Crippen LogP contribution in [0.1, 0.15) is 26.0 Å². The van der Waals surface area contributed by atoms with Crippen LogP contribution in [0.15, 0.2) is 12.4 Å². The van der Waals surface area contributed by atoms with E-state index in [1.807, 2.05) is 0 Å². The van der Waals surface area contributed by atoms with Crippen LogP contribution in [0.4, 0.5) is 5.82 Å². The van der Waals surface area contributed by atoms with Crippen molar-refractivity contribution in [3.8, 4) is 6.07 Å². The van der Waals surface area contributed by atoms with E-state index in [4.69, 9.17) is 10.00 Å². The van der Waals surface area contributed by atoms with E-state index < -0.39 is 0 Å². The van der Waals surface area contributed by atoms with Crippen LogP contribution in [-0.2, 0) is 4.74 Å². The van der Waals surface area contributed by atoms with Crippen LogP contribution in [0, 0.1) is 17.2 Å². The monoisotopic (exact) mass is 246 g/mol. The quantitative estimate of drug-likeness (QED) is 0.810. The van der Waals surface area contributed by atoms with Crippen LogP contribution in [0.5, 0.6) is 0 Å². The van der Waals surface area contributed by atoms with Gasteiger partial charge in [0.1, 0.15) is 6.07 Å². The number of rotatable bonds is 3. The summed E-state index contributed by atoms with van der Waals surface area (Å²) in [5.41, 5.74) is 0.391. The predicted octanol–water partition coefficient (Wildman–Crippen LogP) is 1.60. The number of hydrogen-bond acceptors (Lipinski definition) is 5. The first kappa shape index (κ1) is 12.8. The number of aromatic nitrogens is 2. The topological polar surface area (TPSA) is 62.0 Å². The van der Waals surface area contributed by atoms with E-state index in [2.05, 4.69) is 34.8 Å². The van der Waals surface area contributed by atoms with Crippen molar-refractivity contribution in [1.29, 1.82) is 5.26 Å². The van der Waals surface area contributed by atoms with Gasteiger partial charge in [-0.25, -0.2) is 9.97 Å². The first-order chi connectivity index (χ1) is 8.70. The van der Waals surface area contributed by atoms with E-state index in [-0.39, 0.29) is 6.10 Å². The van der Waals surface area contributed by atoms with Crippen molar-refractivity contribution in [3.05, 3.63) is 18.1 Å². The normalized spacial score (nSPS) is 19.9. The van der Waals surface area contributed by atoms with Crippen molar-refractivity contribution in [1.82, 2.24) is 9.97 Å². The second kappa shape index (κ2) is 5.78. The largest absolute Gasteiger partial charge is 0.375 e. The summed E-state index contributed by atoms with van der Waals surface area (Å²) in [6.45, 7) is 6.60. The number of hydrogen-bond donors (Lipinski definition) is 0. The van der Waals surface area contributed by atoms with E-state index in [9.17, 15) is 0 Å². The minimum atomic E-state index is 0.215. The van der Waals surface area contributed by atoms with Crippen LogP contribution < -0.4 is 4.90 Å². The Morgan fingerprint density at radius 1 is 1.50 bits per heavy atom. The molecule has 0 saturated carbocycles. The molecule has 0 amide bonds. The molecule has 1 aromatic rings. The van der Waals surface area contributed by atoms with Gasteiger partial charge in [-0.1, -0.05) is 13.8 Å². The molecule has 0 aromatic carbocycles. The van der Waals surface area contributed by atoms with Gasteiger partial charge in [0.2, 0.25) is 0 Å². The fraction of sp³-hybridized carbons (Fsp3) is 0.615. The van der Waals surface area contributed by atoms with Crippen molar-refractivity contribution in [2.45, 2.75) is 26.4 Å². The zero-order valence-corrected chi connectivity index (χ0v) is 10.8. The van der Waals surface area contributed by atoms with Gasteiger partial charge in [-0.15, -0.1) is 0 Å². The lowest BCUT2D eigenvalue weighted by Crippen LogP contribution is -2.43. The Hall–Kier alpha value is -1.67. The maximum absolute atomic E-state index is 9.05. The second-order valence-corrected chi connectivity index (χ2v) is 4.91. The SMILES string of the molecule is CC(C)C[C@@H]1CN(c2nccnc2C#N)CCO1. The Labute approximate surface area is 107 Å². The lowest BCUT2D eigenvalue weighted by Gasteiger charge is -2.34. The third kappa shape index (κ3) is 2.96. The summed E-state index contributed by atoms with van der Waals surface area (Å²) in [5, 5.41) is 9.05. The lowest BCUT2D eigenvalue weighted by molar-refractivity contribution is 0.0273. The van der Waals surface area contributed by atoms with Crippen LogP contribution in [0.2, 0.25) is 0 Å². The molecule has 1 aromatic heterocycles. The molecule has 1 saturated heterocycles. The van der Waals surface area contributed by atoms with Crippen molar-refractivity contribution < 1.29 is 4.74 Å². The third-order valence-corrected chi connectivity index (χ3v) is 2.96. The fourth-order valence-corrected chi connectivity index (χ4v) is 2.22. The highest BCUT2D eigenvalue weighted by molar-refractivity contribution is 5.49. The Morgan fingerprint density at radius 3 is 3.00 bits per heavy atom. The number of ether oxygens (including phenoxy) is 1. The summed E-state index contributed by atoms with van der Waals surface area (Å²) in [6.07, 6.45) is 4.42. The molecule has 96 valence electrons. The first-order valence-electron chi connectivity index (χ1n) is 6.28. The van der Waals surface area contributed by atoms with Gasteiger partial charge in [0.05, 0.1) is 12.7 Å². The summed E-state index contributed by atoms with van der Waals surface area (Å²) in [5.74, 6) is 1.28. The van der Waals surface area contributed by atoms with E-state index in [0.717, 1.165) is 19.5 Å². The molecule has 0 aliphatic carbocycles. The van der Waals surface area contributed by atoms with Crippen molar-refractivity contribution in [3.63, 3.8) is 0 Å². The highest BCUT2D eigenvalue weighted by atomic mass is 16.5. The molecule has 1 fully saturated rings. The highest BCUT2D eigenvalue weighted by Crippen LogP contribution is 2.20. The van der Waals surface area contributed by atoms with E-state index in [1.165, 1.54) is 0 Å². The smallest absolute Gasteiger partial charge is 0.183 e. The van der Waals surface area contributed by atoms with Gasteiger partial charge < -0.3 is 9.64 Å². The fourth-order valence-electron chi connectivity index (χ4n) is 2.22. The molecule has 1 aliphatic heterocycles. The predicted molar refractivity (Wildman–Crippen MR) is 68.2 cm³/mol. The molecule has 0 radical (unpaired) electrons. The van der Waals surface area contributed by atoms with Gasteiger partial charge in [0.15, 0.2) is 11.5 Å². The minimum Gasteiger partial charge on any atom is -0.375 e. The van der Waals surface area contributed by atoms with Gasteiger partial charge in [-0.3, -0.25) is 0 Å². The molecule has 0 unspecified atom stereocenters. The summed E-state index contributed by atoms with van der Waals surface area (Å²) in [4.78, 5) is 10.4. The van der Waals surface area contributed by atoms with Crippen LogP contribution in [0.3, 0.4) is 0 Å². The molecule has 2 heterocycles. The minimum absolute atomic E-state index is 0.215. The number of morpholine rings is 1. The van der Waals surface area contributed by atoms with Gasteiger partial charge in [0, 0.05) is 25.5 Å². The van der Waals surface area contributed by atoms with Crippen molar-refractivity contribution in [2.75, 3.05) is 24.6 Å². The van der Waals surface area contributed by atoms with Crippen LogP contribution >= 0.6 is 0 Å². The molecular formula is C13H18N4O. The average Bonchev–Trinajstić information content (AvgIpc) is 2.38. The van der Waals surface area contributed by atoms with Gasteiger partial charge in [0.25, 0.3) is 0 Å². The molecule has 5 heteroatoms. The van der Waals surface area contributed by atoms with Crippen molar-refractivity contribution in [2.24, 2.45) is 5.92 Å². The average molecular weight is 246 g/mol. The van der Waals surface area contributed by atoms with Crippen LogP contribution in [-0.4, -0.2) is 35.8 Å².